The van der Waals surface area contributed by atoms with Crippen molar-refractivity contribution in [1.29, 1.82) is 10.5 Å². The summed E-state index contributed by atoms with van der Waals surface area (Å²) in [6.07, 6.45) is 0. The first-order valence-electron chi connectivity index (χ1n) is 5.76. The molecule has 2 rings (SSSR count). The van der Waals surface area contributed by atoms with Crippen molar-refractivity contribution in [3.63, 3.8) is 0 Å². The second kappa shape index (κ2) is 6.18. The molecule has 0 heterocycles. The van der Waals surface area contributed by atoms with Gasteiger partial charge in [0.05, 0.1) is 22.9 Å². The first kappa shape index (κ1) is 14.0. The van der Waals surface area contributed by atoms with Crippen LogP contribution in [0.2, 0.25) is 0 Å². The van der Waals surface area contributed by atoms with Gasteiger partial charge in [0.2, 0.25) is 0 Å². The minimum atomic E-state index is -0.384. The Labute approximate surface area is 124 Å². The van der Waals surface area contributed by atoms with Crippen LogP contribution >= 0.6 is 15.9 Å². The fourth-order valence-corrected chi connectivity index (χ4v) is 2.09. The molecular weight excluding hydrogens is 321 g/mol. The number of hydrogen-bond donors (Lipinski definition) is 1. The Morgan fingerprint density at radius 3 is 2.60 bits per heavy atom. The van der Waals surface area contributed by atoms with Crippen molar-refractivity contribution in [2.24, 2.45) is 0 Å². The van der Waals surface area contributed by atoms with Gasteiger partial charge in [0, 0.05) is 16.6 Å². The lowest BCUT2D eigenvalue weighted by Gasteiger charge is -2.09. The van der Waals surface area contributed by atoms with Crippen molar-refractivity contribution in [3.05, 3.63) is 63.4 Å². The summed E-state index contributed by atoms with van der Waals surface area (Å²) in [5.41, 5.74) is 1.87. The molecular formula is C15H9BrFN3. The summed E-state index contributed by atoms with van der Waals surface area (Å²) in [5, 5.41) is 20.8. The molecule has 1 N–H and O–H groups in total. The maximum Gasteiger partial charge on any atom is 0.128 e. The number of nitrogens with zero attached hydrogens (tertiary/aromatic N) is 2. The highest BCUT2D eigenvalue weighted by molar-refractivity contribution is 9.10. The van der Waals surface area contributed by atoms with Crippen LogP contribution in [-0.2, 0) is 6.54 Å². The molecule has 3 nitrogen and oxygen atoms in total. The van der Waals surface area contributed by atoms with Gasteiger partial charge in [0.25, 0.3) is 0 Å². The van der Waals surface area contributed by atoms with E-state index in [2.05, 4.69) is 27.3 Å². The van der Waals surface area contributed by atoms with Crippen molar-refractivity contribution < 1.29 is 4.39 Å². The number of halogens is 2. The van der Waals surface area contributed by atoms with Crippen LogP contribution in [0.5, 0.6) is 0 Å². The zero-order chi connectivity index (χ0) is 14.5. The van der Waals surface area contributed by atoms with Gasteiger partial charge in [0.15, 0.2) is 0 Å². The molecule has 0 spiro atoms. The molecule has 0 aliphatic rings. The summed E-state index contributed by atoms with van der Waals surface area (Å²) in [7, 11) is 0. The van der Waals surface area contributed by atoms with E-state index < -0.39 is 0 Å². The Morgan fingerprint density at radius 1 is 1.10 bits per heavy atom. The number of hydrogen-bond acceptors (Lipinski definition) is 3. The number of anilines is 1. The van der Waals surface area contributed by atoms with E-state index in [0.29, 0.717) is 22.4 Å². The maximum atomic E-state index is 13.6. The monoisotopic (exact) mass is 329 g/mol. The normalized spacial score (nSPS) is 9.60. The van der Waals surface area contributed by atoms with Gasteiger partial charge in [-0.2, -0.15) is 10.5 Å². The summed E-state index contributed by atoms with van der Waals surface area (Å²) >= 11 is 3.32. The Bertz CT molecular complexity index is 729. The van der Waals surface area contributed by atoms with Crippen molar-refractivity contribution in [1.82, 2.24) is 0 Å². The van der Waals surface area contributed by atoms with Crippen molar-refractivity contribution in [3.8, 4) is 12.1 Å². The van der Waals surface area contributed by atoms with Crippen LogP contribution in [0, 0.1) is 28.5 Å². The minimum absolute atomic E-state index is 0.201. The molecule has 5 heteroatoms. The zero-order valence-corrected chi connectivity index (χ0v) is 11.9. The first-order chi connectivity index (χ1) is 9.63. The van der Waals surface area contributed by atoms with Crippen molar-refractivity contribution >= 4 is 21.6 Å². The Balaban J connectivity index is 2.23. The molecule has 2 aromatic carbocycles. The number of nitriles is 2. The second-order valence-corrected chi connectivity index (χ2v) is 4.99. The molecule has 0 saturated carbocycles. The SMILES string of the molecule is N#Cc1ccc(F)c(CNc2cc(Br)ccc2C#N)c1. The van der Waals surface area contributed by atoms with E-state index >= 15 is 0 Å². The molecule has 0 amide bonds. The Kier molecular flexibility index (Phi) is 4.34. The van der Waals surface area contributed by atoms with Gasteiger partial charge in [-0.15, -0.1) is 0 Å². The van der Waals surface area contributed by atoms with Crippen molar-refractivity contribution in [2.45, 2.75) is 6.54 Å². The fourth-order valence-electron chi connectivity index (χ4n) is 1.73. The van der Waals surface area contributed by atoms with Gasteiger partial charge >= 0.3 is 0 Å². The van der Waals surface area contributed by atoms with Gasteiger partial charge in [-0.1, -0.05) is 15.9 Å². The summed E-state index contributed by atoms with van der Waals surface area (Å²) in [6.45, 7) is 0.201. The predicted octanol–water partition coefficient (Wildman–Crippen LogP) is 3.94. The average molecular weight is 330 g/mol. The summed E-state index contributed by atoms with van der Waals surface area (Å²) in [5.74, 6) is -0.384. The highest BCUT2D eigenvalue weighted by atomic mass is 79.9. The molecule has 0 fully saturated rings. The topological polar surface area (TPSA) is 59.6 Å². The molecule has 20 heavy (non-hydrogen) atoms. The Morgan fingerprint density at radius 2 is 1.90 bits per heavy atom. The third kappa shape index (κ3) is 3.14. The minimum Gasteiger partial charge on any atom is -0.380 e. The van der Waals surface area contributed by atoms with Crippen LogP contribution in [0.3, 0.4) is 0 Å². The molecule has 0 unspecified atom stereocenters. The van der Waals surface area contributed by atoms with Crippen molar-refractivity contribution in [2.75, 3.05) is 5.32 Å². The highest BCUT2D eigenvalue weighted by Crippen LogP contribution is 2.22. The lowest BCUT2D eigenvalue weighted by molar-refractivity contribution is 0.612. The molecule has 98 valence electrons. The van der Waals surface area contributed by atoms with Gasteiger partial charge in [-0.05, 0) is 36.4 Å². The average Bonchev–Trinajstić information content (AvgIpc) is 2.46. The smallest absolute Gasteiger partial charge is 0.128 e. The molecule has 0 saturated heterocycles. The summed E-state index contributed by atoms with van der Waals surface area (Å²) in [4.78, 5) is 0. The molecule has 0 aromatic heterocycles. The largest absolute Gasteiger partial charge is 0.380 e. The van der Waals surface area contributed by atoms with E-state index in [9.17, 15) is 4.39 Å². The molecule has 0 radical (unpaired) electrons. The molecule has 0 atom stereocenters. The lowest BCUT2D eigenvalue weighted by atomic mass is 10.1. The van der Waals surface area contributed by atoms with E-state index in [1.165, 1.54) is 18.2 Å². The van der Waals surface area contributed by atoms with Crippen LogP contribution in [0.15, 0.2) is 40.9 Å². The number of rotatable bonds is 3. The standard InChI is InChI=1S/C15H9BrFN3/c16-13-3-2-11(8-19)15(6-13)20-9-12-5-10(7-18)1-4-14(12)17/h1-6,20H,9H2. The first-order valence-corrected chi connectivity index (χ1v) is 6.55. The highest BCUT2D eigenvalue weighted by Gasteiger charge is 2.06. The van der Waals surface area contributed by atoms with E-state index in [-0.39, 0.29) is 12.4 Å². The Hall–Kier alpha value is -2.37. The lowest BCUT2D eigenvalue weighted by Crippen LogP contribution is -2.04. The predicted molar refractivity (Wildman–Crippen MR) is 77.3 cm³/mol. The van der Waals surface area contributed by atoms with Crippen LogP contribution < -0.4 is 5.32 Å². The van der Waals surface area contributed by atoms with E-state index in [1.807, 2.05) is 6.07 Å². The van der Waals surface area contributed by atoms with E-state index in [1.54, 1.807) is 18.2 Å². The second-order valence-electron chi connectivity index (χ2n) is 4.07. The molecule has 0 bridgehead atoms. The van der Waals surface area contributed by atoms with Gasteiger partial charge in [-0.3, -0.25) is 0 Å². The number of benzene rings is 2. The summed E-state index contributed by atoms with van der Waals surface area (Å²) in [6, 6.07) is 13.4. The van der Waals surface area contributed by atoms with Crippen LogP contribution in [0.4, 0.5) is 10.1 Å². The third-order valence-corrected chi connectivity index (χ3v) is 3.24. The maximum absolute atomic E-state index is 13.6. The quantitative estimate of drug-likeness (QED) is 0.927. The molecule has 0 aliphatic heterocycles. The number of nitrogens with one attached hydrogen (secondary N) is 1. The van der Waals surface area contributed by atoms with Crippen LogP contribution in [0.1, 0.15) is 16.7 Å². The van der Waals surface area contributed by atoms with E-state index in [4.69, 9.17) is 10.5 Å². The molecule has 2 aromatic rings. The van der Waals surface area contributed by atoms with Gasteiger partial charge in [-0.25, -0.2) is 4.39 Å². The third-order valence-electron chi connectivity index (χ3n) is 2.75. The molecule has 0 aliphatic carbocycles. The summed E-state index contributed by atoms with van der Waals surface area (Å²) < 4.78 is 14.5. The van der Waals surface area contributed by atoms with Gasteiger partial charge in [0.1, 0.15) is 11.9 Å². The fraction of sp³-hybridized carbons (Fsp3) is 0.0667. The van der Waals surface area contributed by atoms with Crippen LogP contribution in [0.25, 0.3) is 0 Å². The zero-order valence-electron chi connectivity index (χ0n) is 10.3. The van der Waals surface area contributed by atoms with Crippen LogP contribution in [-0.4, -0.2) is 0 Å². The van der Waals surface area contributed by atoms with Gasteiger partial charge < -0.3 is 5.32 Å². The van der Waals surface area contributed by atoms with E-state index in [0.717, 1.165) is 4.47 Å².